The van der Waals surface area contributed by atoms with E-state index in [-0.39, 0.29) is 18.0 Å². The van der Waals surface area contributed by atoms with E-state index in [1.807, 2.05) is 0 Å². The molecule has 6 heteroatoms. The van der Waals surface area contributed by atoms with Crippen LogP contribution in [-0.4, -0.2) is 34.7 Å². The number of hydrogen-bond acceptors (Lipinski definition) is 5. The van der Waals surface area contributed by atoms with Gasteiger partial charge in [0.15, 0.2) is 5.82 Å². The second kappa shape index (κ2) is 6.02. The Bertz CT molecular complexity index is 669. The normalized spacial score (nSPS) is 23.8. The maximum absolute atomic E-state index is 13.1. The van der Waals surface area contributed by atoms with E-state index < -0.39 is 0 Å². The fourth-order valence-electron chi connectivity index (χ4n) is 2.98. The summed E-state index contributed by atoms with van der Waals surface area (Å²) in [7, 11) is 0. The van der Waals surface area contributed by atoms with Crippen molar-refractivity contribution in [3.8, 4) is 0 Å². The highest BCUT2D eigenvalue weighted by Gasteiger charge is 2.32. The molecule has 122 valence electrons. The standard InChI is InChI=1S/C17H20FN3O2/c1-11(17-19-16(20-23-17)13-2-3-13)21-8-9-22-15(10-21)12-4-6-14(18)7-5-12/h4-7,11,13,15H,2-3,8-10H2,1H3/t11-,15+/m0/s1. The zero-order valence-corrected chi connectivity index (χ0v) is 13.1. The fourth-order valence-corrected chi connectivity index (χ4v) is 2.98. The van der Waals surface area contributed by atoms with E-state index in [1.165, 1.54) is 12.1 Å². The molecule has 0 spiro atoms. The minimum Gasteiger partial charge on any atom is -0.371 e. The highest BCUT2D eigenvalue weighted by Crippen LogP contribution is 2.39. The summed E-state index contributed by atoms with van der Waals surface area (Å²) in [5.74, 6) is 1.78. The van der Waals surface area contributed by atoms with Crippen LogP contribution in [0.25, 0.3) is 0 Å². The van der Waals surface area contributed by atoms with E-state index >= 15 is 0 Å². The second-order valence-electron chi connectivity index (χ2n) is 6.35. The lowest BCUT2D eigenvalue weighted by molar-refractivity contribution is -0.0469. The minimum absolute atomic E-state index is 0.0573. The Hall–Kier alpha value is -1.79. The Kier molecular flexibility index (Phi) is 3.87. The number of aromatic nitrogens is 2. The maximum Gasteiger partial charge on any atom is 0.243 e. The molecule has 1 aliphatic carbocycles. The third-order valence-corrected chi connectivity index (χ3v) is 4.64. The predicted octanol–water partition coefficient (Wildman–Crippen LogP) is 3.22. The lowest BCUT2D eigenvalue weighted by atomic mass is 10.1. The largest absolute Gasteiger partial charge is 0.371 e. The number of hydrogen-bond donors (Lipinski definition) is 0. The summed E-state index contributed by atoms with van der Waals surface area (Å²) >= 11 is 0. The first-order valence-electron chi connectivity index (χ1n) is 8.15. The number of morpholine rings is 1. The van der Waals surface area contributed by atoms with Crippen LogP contribution >= 0.6 is 0 Å². The average molecular weight is 317 g/mol. The Morgan fingerprint density at radius 2 is 2.04 bits per heavy atom. The van der Waals surface area contributed by atoms with Gasteiger partial charge in [0.05, 0.1) is 18.8 Å². The molecule has 2 fully saturated rings. The van der Waals surface area contributed by atoms with Gasteiger partial charge in [0.25, 0.3) is 0 Å². The minimum atomic E-state index is -0.228. The quantitative estimate of drug-likeness (QED) is 0.866. The third kappa shape index (κ3) is 3.14. The molecule has 1 saturated heterocycles. The van der Waals surface area contributed by atoms with Crippen molar-refractivity contribution in [2.45, 2.75) is 37.8 Å². The first-order chi connectivity index (χ1) is 11.2. The molecule has 0 unspecified atom stereocenters. The number of benzene rings is 1. The zero-order valence-electron chi connectivity index (χ0n) is 13.1. The fraction of sp³-hybridized carbons (Fsp3) is 0.529. The van der Waals surface area contributed by atoms with Crippen LogP contribution < -0.4 is 0 Å². The van der Waals surface area contributed by atoms with Gasteiger partial charge in [-0.1, -0.05) is 17.3 Å². The Balaban J connectivity index is 1.46. The first kappa shape index (κ1) is 14.8. The Morgan fingerprint density at radius 1 is 1.26 bits per heavy atom. The van der Waals surface area contributed by atoms with Crippen LogP contribution in [0.15, 0.2) is 28.8 Å². The molecule has 5 nitrogen and oxygen atoms in total. The molecule has 2 aliphatic rings. The molecule has 1 aromatic heterocycles. The number of nitrogens with zero attached hydrogens (tertiary/aromatic N) is 3. The molecule has 1 aromatic carbocycles. The highest BCUT2D eigenvalue weighted by atomic mass is 19.1. The molecule has 0 amide bonds. The van der Waals surface area contributed by atoms with Crippen LogP contribution in [-0.2, 0) is 4.74 Å². The molecule has 1 aliphatic heterocycles. The molecule has 0 N–H and O–H groups in total. The average Bonchev–Trinajstić information content (AvgIpc) is 3.32. The molecule has 0 bridgehead atoms. The van der Waals surface area contributed by atoms with Gasteiger partial charge in [-0.2, -0.15) is 4.98 Å². The van der Waals surface area contributed by atoms with Crippen molar-refractivity contribution in [1.29, 1.82) is 0 Å². The first-order valence-corrected chi connectivity index (χ1v) is 8.15. The van der Waals surface area contributed by atoms with Crippen molar-refractivity contribution in [2.75, 3.05) is 19.7 Å². The number of halogens is 1. The van der Waals surface area contributed by atoms with Crippen molar-refractivity contribution in [2.24, 2.45) is 0 Å². The van der Waals surface area contributed by atoms with E-state index in [9.17, 15) is 4.39 Å². The summed E-state index contributed by atoms with van der Waals surface area (Å²) in [6.07, 6.45) is 2.27. The van der Waals surface area contributed by atoms with Crippen LogP contribution in [0.2, 0.25) is 0 Å². The summed E-state index contributed by atoms with van der Waals surface area (Å²) in [5.41, 5.74) is 0.993. The van der Waals surface area contributed by atoms with Gasteiger partial charge < -0.3 is 9.26 Å². The van der Waals surface area contributed by atoms with Crippen LogP contribution in [0.3, 0.4) is 0 Å². The SMILES string of the molecule is C[C@@H](c1nc(C2CC2)no1)N1CCO[C@@H](c2ccc(F)cc2)C1. The molecule has 2 aromatic rings. The van der Waals surface area contributed by atoms with Gasteiger partial charge in [-0.15, -0.1) is 0 Å². The van der Waals surface area contributed by atoms with Gasteiger partial charge in [0.2, 0.25) is 5.89 Å². The van der Waals surface area contributed by atoms with Gasteiger partial charge in [0, 0.05) is 19.0 Å². The lowest BCUT2D eigenvalue weighted by Crippen LogP contribution is -2.40. The van der Waals surface area contributed by atoms with Crippen molar-refractivity contribution in [3.63, 3.8) is 0 Å². The van der Waals surface area contributed by atoms with Gasteiger partial charge in [0.1, 0.15) is 5.82 Å². The summed E-state index contributed by atoms with van der Waals surface area (Å²) in [5, 5.41) is 4.10. The molecular weight excluding hydrogens is 297 g/mol. The van der Waals surface area contributed by atoms with Gasteiger partial charge in [-0.05, 0) is 37.5 Å². The summed E-state index contributed by atoms with van der Waals surface area (Å²) in [6.45, 7) is 4.27. The topological polar surface area (TPSA) is 51.4 Å². The Labute approximate surface area is 134 Å². The van der Waals surface area contributed by atoms with Crippen LogP contribution in [0, 0.1) is 5.82 Å². The second-order valence-corrected chi connectivity index (χ2v) is 6.35. The monoisotopic (exact) mass is 317 g/mol. The van der Waals surface area contributed by atoms with Crippen molar-refractivity contribution in [1.82, 2.24) is 15.0 Å². The van der Waals surface area contributed by atoms with Crippen LogP contribution in [0.4, 0.5) is 4.39 Å². The Morgan fingerprint density at radius 3 is 2.78 bits per heavy atom. The van der Waals surface area contributed by atoms with Gasteiger partial charge in [-0.3, -0.25) is 4.90 Å². The van der Waals surface area contributed by atoms with E-state index in [0.29, 0.717) is 18.4 Å². The number of ether oxygens (including phenoxy) is 1. The van der Waals surface area contributed by atoms with Crippen LogP contribution in [0.5, 0.6) is 0 Å². The molecule has 0 radical (unpaired) electrons. The smallest absolute Gasteiger partial charge is 0.243 e. The van der Waals surface area contributed by atoms with E-state index in [2.05, 4.69) is 22.0 Å². The summed E-state index contributed by atoms with van der Waals surface area (Å²) < 4.78 is 24.4. The maximum atomic E-state index is 13.1. The molecule has 1 saturated carbocycles. The van der Waals surface area contributed by atoms with E-state index in [4.69, 9.17) is 9.26 Å². The molecule has 2 heterocycles. The zero-order chi connectivity index (χ0) is 15.8. The van der Waals surface area contributed by atoms with Crippen LogP contribution in [0.1, 0.15) is 55.1 Å². The number of rotatable bonds is 4. The van der Waals surface area contributed by atoms with Gasteiger partial charge >= 0.3 is 0 Å². The third-order valence-electron chi connectivity index (χ3n) is 4.64. The van der Waals surface area contributed by atoms with Crippen molar-refractivity contribution < 1.29 is 13.7 Å². The van der Waals surface area contributed by atoms with Gasteiger partial charge in [-0.25, -0.2) is 4.39 Å². The predicted molar refractivity (Wildman–Crippen MR) is 81.4 cm³/mol. The molecule has 4 rings (SSSR count). The lowest BCUT2D eigenvalue weighted by Gasteiger charge is -2.35. The molecule has 23 heavy (non-hydrogen) atoms. The molecular formula is C17H20FN3O2. The summed E-state index contributed by atoms with van der Waals surface area (Å²) in [6, 6.07) is 6.57. The van der Waals surface area contributed by atoms with E-state index in [1.54, 1.807) is 12.1 Å². The van der Waals surface area contributed by atoms with Crippen molar-refractivity contribution >= 4 is 0 Å². The van der Waals surface area contributed by atoms with Crippen molar-refractivity contribution in [3.05, 3.63) is 47.4 Å². The summed E-state index contributed by atoms with van der Waals surface area (Å²) in [4.78, 5) is 6.83. The highest BCUT2D eigenvalue weighted by molar-refractivity contribution is 5.19. The van der Waals surface area contributed by atoms with E-state index in [0.717, 1.165) is 37.3 Å². The molecule has 2 atom stereocenters.